The molecule has 1 aliphatic rings. The number of ether oxygens (including phenoxy) is 1. The van der Waals surface area contributed by atoms with Gasteiger partial charge in [0.25, 0.3) is 5.91 Å². The fourth-order valence-corrected chi connectivity index (χ4v) is 2.56. The molecule has 0 saturated carbocycles. The van der Waals surface area contributed by atoms with Gasteiger partial charge < -0.3 is 14.2 Å². The highest BCUT2D eigenvalue weighted by atomic mass is 16.5. The third-order valence-electron chi connectivity index (χ3n) is 3.86. The van der Waals surface area contributed by atoms with E-state index in [0.29, 0.717) is 30.3 Å². The van der Waals surface area contributed by atoms with Crippen molar-refractivity contribution >= 4 is 5.91 Å². The molecule has 1 fully saturated rings. The van der Waals surface area contributed by atoms with Crippen molar-refractivity contribution in [2.45, 2.75) is 6.10 Å². The lowest BCUT2D eigenvalue weighted by molar-refractivity contribution is 0.0169. The topological polar surface area (TPSA) is 68.5 Å². The summed E-state index contributed by atoms with van der Waals surface area (Å²) in [7, 11) is 0. The molecule has 6 heteroatoms. The van der Waals surface area contributed by atoms with Gasteiger partial charge in [0, 0.05) is 17.8 Å². The molecule has 1 amide bonds. The smallest absolute Gasteiger partial charge is 0.276 e. The van der Waals surface area contributed by atoms with Gasteiger partial charge in [-0.1, -0.05) is 35.5 Å². The summed E-state index contributed by atoms with van der Waals surface area (Å²) >= 11 is 0. The average Bonchev–Trinajstić information content (AvgIpc) is 3.09. The molecule has 0 unspecified atom stereocenters. The number of likely N-dealkylation sites (tertiary alicyclic amines) is 1. The maximum absolute atomic E-state index is 12.4. The minimum Gasteiger partial charge on any atom is -0.485 e. The molecule has 24 heavy (non-hydrogen) atoms. The first-order valence-electron chi connectivity index (χ1n) is 7.68. The number of benzene rings is 1. The summed E-state index contributed by atoms with van der Waals surface area (Å²) < 4.78 is 11.0. The summed E-state index contributed by atoms with van der Waals surface area (Å²) in [4.78, 5) is 18.1. The van der Waals surface area contributed by atoms with Gasteiger partial charge in [-0.25, -0.2) is 0 Å². The SMILES string of the molecule is O=C(c1cc(-c2ccccc2)on1)N1CC(Oc2cccnc2)C1. The third kappa shape index (κ3) is 2.86. The summed E-state index contributed by atoms with van der Waals surface area (Å²) in [6.45, 7) is 1.06. The Morgan fingerprint density at radius 2 is 2.00 bits per heavy atom. The average molecular weight is 321 g/mol. The fourth-order valence-electron chi connectivity index (χ4n) is 2.56. The quantitative estimate of drug-likeness (QED) is 0.739. The molecule has 120 valence electrons. The number of amides is 1. The second kappa shape index (κ2) is 6.16. The molecule has 1 saturated heterocycles. The molecule has 0 N–H and O–H groups in total. The van der Waals surface area contributed by atoms with E-state index in [4.69, 9.17) is 9.26 Å². The lowest BCUT2D eigenvalue weighted by Crippen LogP contribution is -2.56. The molecule has 0 spiro atoms. The van der Waals surface area contributed by atoms with Gasteiger partial charge in [-0.2, -0.15) is 0 Å². The van der Waals surface area contributed by atoms with Gasteiger partial charge >= 0.3 is 0 Å². The first kappa shape index (κ1) is 14.4. The van der Waals surface area contributed by atoms with E-state index in [1.807, 2.05) is 42.5 Å². The molecule has 0 radical (unpaired) electrons. The molecule has 0 atom stereocenters. The van der Waals surface area contributed by atoms with Crippen molar-refractivity contribution in [3.05, 3.63) is 66.6 Å². The number of aromatic nitrogens is 2. The van der Waals surface area contributed by atoms with Crippen LogP contribution in [0.4, 0.5) is 0 Å². The van der Waals surface area contributed by atoms with Crippen LogP contribution in [0.3, 0.4) is 0 Å². The molecule has 6 nitrogen and oxygen atoms in total. The summed E-state index contributed by atoms with van der Waals surface area (Å²) in [6.07, 6.45) is 3.34. The van der Waals surface area contributed by atoms with Crippen LogP contribution in [0.1, 0.15) is 10.5 Å². The number of carbonyl (C=O) groups excluding carboxylic acids is 1. The van der Waals surface area contributed by atoms with Crippen LogP contribution >= 0.6 is 0 Å². The molecule has 2 aromatic heterocycles. The molecular formula is C18H15N3O3. The number of hydrogen-bond acceptors (Lipinski definition) is 5. The van der Waals surface area contributed by atoms with E-state index < -0.39 is 0 Å². The van der Waals surface area contributed by atoms with E-state index >= 15 is 0 Å². The molecule has 3 aromatic rings. The van der Waals surface area contributed by atoms with Gasteiger partial charge in [0.05, 0.1) is 19.3 Å². The summed E-state index contributed by atoms with van der Waals surface area (Å²) in [5.74, 6) is 1.15. The zero-order valence-electron chi connectivity index (χ0n) is 12.8. The van der Waals surface area contributed by atoms with Gasteiger partial charge in [0.2, 0.25) is 0 Å². The first-order chi connectivity index (χ1) is 11.8. The van der Waals surface area contributed by atoms with Gasteiger partial charge in [-0.05, 0) is 12.1 Å². The normalized spacial score (nSPS) is 14.2. The predicted octanol–water partition coefficient (Wildman–Crippen LogP) is 2.64. The molecule has 1 aromatic carbocycles. The van der Waals surface area contributed by atoms with E-state index in [1.165, 1.54) is 0 Å². The van der Waals surface area contributed by atoms with Crippen molar-refractivity contribution in [2.75, 3.05) is 13.1 Å². The fraction of sp³-hybridized carbons (Fsp3) is 0.167. The Morgan fingerprint density at radius 3 is 2.75 bits per heavy atom. The number of hydrogen-bond donors (Lipinski definition) is 0. The lowest BCUT2D eigenvalue weighted by Gasteiger charge is -2.38. The van der Waals surface area contributed by atoms with Crippen molar-refractivity contribution in [3.63, 3.8) is 0 Å². The van der Waals surface area contributed by atoms with E-state index in [1.54, 1.807) is 23.4 Å². The lowest BCUT2D eigenvalue weighted by atomic mass is 10.1. The van der Waals surface area contributed by atoms with Gasteiger partial charge in [-0.3, -0.25) is 9.78 Å². The standard InChI is InChI=1S/C18H15N3O3/c22-18(16-9-17(24-20-16)13-5-2-1-3-6-13)21-11-15(12-21)23-14-7-4-8-19-10-14/h1-10,15H,11-12H2. The van der Waals surface area contributed by atoms with Crippen LogP contribution in [0, 0.1) is 0 Å². The Morgan fingerprint density at radius 1 is 1.17 bits per heavy atom. The Hall–Kier alpha value is -3.15. The second-order valence-electron chi connectivity index (χ2n) is 5.58. The number of rotatable bonds is 4. The van der Waals surface area contributed by atoms with Crippen LogP contribution < -0.4 is 4.74 Å². The van der Waals surface area contributed by atoms with Crippen LogP contribution in [0.25, 0.3) is 11.3 Å². The molecular weight excluding hydrogens is 306 g/mol. The Bertz CT molecular complexity index is 827. The Labute approximate surface area is 138 Å². The molecule has 1 aliphatic heterocycles. The number of nitrogens with zero attached hydrogens (tertiary/aromatic N) is 3. The van der Waals surface area contributed by atoms with Crippen LogP contribution in [0.2, 0.25) is 0 Å². The summed E-state index contributed by atoms with van der Waals surface area (Å²) in [6, 6.07) is 14.9. The van der Waals surface area contributed by atoms with Gasteiger partial charge in [0.1, 0.15) is 11.9 Å². The largest absolute Gasteiger partial charge is 0.485 e. The summed E-state index contributed by atoms with van der Waals surface area (Å²) in [5.41, 5.74) is 1.21. The highest BCUT2D eigenvalue weighted by Gasteiger charge is 2.34. The van der Waals surface area contributed by atoms with Gasteiger partial charge in [-0.15, -0.1) is 0 Å². The van der Waals surface area contributed by atoms with Crippen LogP contribution in [0.15, 0.2) is 65.4 Å². The minimum absolute atomic E-state index is 0.0151. The van der Waals surface area contributed by atoms with E-state index in [2.05, 4.69) is 10.1 Å². The molecule has 0 aliphatic carbocycles. The van der Waals surface area contributed by atoms with Crippen LogP contribution in [-0.4, -0.2) is 40.1 Å². The molecule has 4 rings (SSSR count). The molecule has 0 bridgehead atoms. The van der Waals surface area contributed by atoms with Crippen molar-refractivity contribution in [1.29, 1.82) is 0 Å². The monoisotopic (exact) mass is 321 g/mol. The van der Waals surface area contributed by atoms with Crippen molar-refractivity contribution in [3.8, 4) is 17.1 Å². The Balaban J connectivity index is 1.37. The van der Waals surface area contributed by atoms with Crippen molar-refractivity contribution in [1.82, 2.24) is 15.0 Å². The Kier molecular flexibility index (Phi) is 3.70. The maximum atomic E-state index is 12.4. The number of carbonyl (C=O) groups is 1. The number of pyridine rings is 1. The highest BCUT2D eigenvalue weighted by Crippen LogP contribution is 2.23. The zero-order valence-corrected chi connectivity index (χ0v) is 12.8. The van der Waals surface area contributed by atoms with Gasteiger partial charge in [0.15, 0.2) is 11.5 Å². The van der Waals surface area contributed by atoms with Crippen molar-refractivity contribution < 1.29 is 14.1 Å². The van der Waals surface area contributed by atoms with Crippen LogP contribution in [-0.2, 0) is 0 Å². The maximum Gasteiger partial charge on any atom is 0.276 e. The summed E-state index contributed by atoms with van der Waals surface area (Å²) in [5, 5.41) is 3.89. The van der Waals surface area contributed by atoms with E-state index in [-0.39, 0.29) is 12.0 Å². The highest BCUT2D eigenvalue weighted by molar-refractivity contribution is 5.93. The van der Waals surface area contributed by atoms with E-state index in [0.717, 1.165) is 5.56 Å². The predicted molar refractivity (Wildman–Crippen MR) is 86.5 cm³/mol. The zero-order chi connectivity index (χ0) is 16.4. The second-order valence-corrected chi connectivity index (χ2v) is 5.58. The molecule has 3 heterocycles. The first-order valence-corrected chi connectivity index (χ1v) is 7.68. The van der Waals surface area contributed by atoms with E-state index in [9.17, 15) is 4.79 Å². The minimum atomic E-state index is -0.146. The van der Waals surface area contributed by atoms with Crippen molar-refractivity contribution in [2.24, 2.45) is 0 Å². The van der Waals surface area contributed by atoms with Crippen LogP contribution in [0.5, 0.6) is 5.75 Å². The third-order valence-corrected chi connectivity index (χ3v) is 3.86.